The fourth-order valence-corrected chi connectivity index (χ4v) is 4.85. The Hall–Kier alpha value is -2.44. The van der Waals surface area contributed by atoms with Gasteiger partial charge < -0.3 is 9.88 Å². The van der Waals surface area contributed by atoms with E-state index in [-0.39, 0.29) is 9.93 Å². The summed E-state index contributed by atoms with van der Waals surface area (Å²) in [4.78, 5) is 31.7. The van der Waals surface area contributed by atoms with Crippen LogP contribution in [-0.4, -0.2) is 41.3 Å². The van der Waals surface area contributed by atoms with Crippen molar-refractivity contribution in [2.24, 2.45) is 12.0 Å². The van der Waals surface area contributed by atoms with Crippen LogP contribution in [0.4, 0.5) is 9.52 Å². The lowest BCUT2D eigenvalue weighted by atomic mass is 10.3. The molecule has 2 amide bonds. The molecule has 1 N–H and O–H groups in total. The van der Waals surface area contributed by atoms with E-state index in [1.54, 1.807) is 23.1 Å². The summed E-state index contributed by atoms with van der Waals surface area (Å²) in [6.45, 7) is 0. The van der Waals surface area contributed by atoms with Gasteiger partial charge in [0.1, 0.15) is 17.3 Å². The van der Waals surface area contributed by atoms with Crippen LogP contribution in [0.1, 0.15) is 0 Å². The van der Waals surface area contributed by atoms with Crippen molar-refractivity contribution in [2.75, 3.05) is 16.8 Å². The molecule has 3 rings (SSSR count). The molecule has 8 nitrogen and oxygen atoms in total. The predicted octanol–water partition coefficient (Wildman–Crippen LogP) is 1.32. The van der Waals surface area contributed by atoms with Crippen LogP contribution in [0.3, 0.4) is 0 Å². The quantitative estimate of drug-likeness (QED) is 0.659. The fourth-order valence-electron chi connectivity index (χ4n) is 2.23. The molecule has 2 aromatic heterocycles. The Morgan fingerprint density at radius 3 is 2.81 bits per heavy atom. The average Bonchev–Trinajstić information content (AvgIpc) is 3.14. The monoisotopic (exact) mass is 428 g/mol. The molecule has 0 atom stereocenters. The van der Waals surface area contributed by atoms with Gasteiger partial charge in [0, 0.05) is 18.6 Å². The molecule has 142 valence electrons. The summed E-state index contributed by atoms with van der Waals surface area (Å²) in [7, 11) is -2.36. The highest BCUT2D eigenvalue weighted by Crippen LogP contribution is 2.17. The number of carbonyl (C=O) groups excluding carboxylic acids is 2. The number of rotatable bonds is 5. The van der Waals surface area contributed by atoms with Gasteiger partial charge in [0.25, 0.3) is 5.91 Å². The van der Waals surface area contributed by atoms with Crippen molar-refractivity contribution in [3.8, 4) is 0 Å². The first kappa shape index (κ1) is 19.3. The number of hydrogen-bond donors (Lipinski definition) is 1. The summed E-state index contributed by atoms with van der Waals surface area (Å²) in [6, 6.07) is 4.14. The topological polar surface area (TPSA) is 110 Å². The van der Waals surface area contributed by atoms with Gasteiger partial charge in [-0.3, -0.25) is 9.59 Å². The molecule has 0 unspecified atom stereocenters. The Kier molecular flexibility index (Phi) is 5.48. The van der Waals surface area contributed by atoms with Crippen LogP contribution in [0.2, 0.25) is 0 Å². The SMILES string of the molecule is Cn1c(=NC(=O)CS(=O)(=O)CC(=O)Nc2nccs2)sc2cc(F)ccc21. The number of carbonyl (C=O) groups is 2. The van der Waals surface area contributed by atoms with Crippen molar-refractivity contribution in [2.45, 2.75) is 0 Å². The number of anilines is 1. The summed E-state index contributed by atoms with van der Waals surface area (Å²) >= 11 is 2.21. The van der Waals surface area contributed by atoms with Gasteiger partial charge in [-0.15, -0.1) is 11.3 Å². The lowest BCUT2D eigenvalue weighted by Gasteiger charge is -2.02. The number of nitrogens with one attached hydrogen (secondary N) is 1. The minimum absolute atomic E-state index is 0.239. The summed E-state index contributed by atoms with van der Waals surface area (Å²) in [5, 5.41) is 4.25. The van der Waals surface area contributed by atoms with Gasteiger partial charge in [-0.1, -0.05) is 11.3 Å². The maximum atomic E-state index is 13.3. The molecule has 0 saturated carbocycles. The third-order valence-corrected chi connectivity index (χ3v) is 6.54. The zero-order valence-corrected chi connectivity index (χ0v) is 16.3. The zero-order valence-electron chi connectivity index (χ0n) is 13.9. The third kappa shape index (κ3) is 4.84. The maximum Gasteiger partial charge on any atom is 0.263 e. The molecule has 0 fully saturated rings. The fraction of sp³-hybridized carbons (Fsp3) is 0.200. The molecule has 0 aliphatic heterocycles. The van der Waals surface area contributed by atoms with Gasteiger partial charge in [0.05, 0.1) is 10.2 Å². The molecule has 1 aromatic carbocycles. The second kappa shape index (κ2) is 7.66. The van der Waals surface area contributed by atoms with Gasteiger partial charge in [-0.05, 0) is 18.2 Å². The molecule has 0 aliphatic rings. The zero-order chi connectivity index (χ0) is 19.6. The molecule has 27 heavy (non-hydrogen) atoms. The molecule has 12 heteroatoms. The molecule has 0 spiro atoms. The second-order valence-corrected chi connectivity index (χ2v) is 9.45. The number of sulfone groups is 1. The van der Waals surface area contributed by atoms with Crippen molar-refractivity contribution in [1.29, 1.82) is 0 Å². The highest BCUT2D eigenvalue weighted by molar-refractivity contribution is 7.92. The highest BCUT2D eigenvalue weighted by Gasteiger charge is 2.21. The summed E-state index contributed by atoms with van der Waals surface area (Å²) in [5.41, 5.74) is 0.665. The summed E-state index contributed by atoms with van der Waals surface area (Å²) in [6.07, 6.45) is 1.47. The molecule has 0 radical (unpaired) electrons. The molecule has 0 aliphatic carbocycles. The average molecular weight is 428 g/mol. The van der Waals surface area contributed by atoms with Crippen LogP contribution in [0, 0.1) is 5.82 Å². The Bertz CT molecular complexity index is 1180. The van der Waals surface area contributed by atoms with E-state index in [4.69, 9.17) is 0 Å². The number of aryl methyl sites for hydroxylation is 1. The number of amides is 2. The van der Waals surface area contributed by atoms with E-state index >= 15 is 0 Å². The molecule has 0 bridgehead atoms. The van der Waals surface area contributed by atoms with E-state index in [1.165, 1.54) is 18.3 Å². The number of thiazole rings is 2. The molecule has 2 heterocycles. The normalized spacial score (nSPS) is 12.4. The minimum Gasteiger partial charge on any atom is -0.319 e. The van der Waals surface area contributed by atoms with E-state index in [2.05, 4.69) is 15.3 Å². The van der Waals surface area contributed by atoms with Gasteiger partial charge >= 0.3 is 0 Å². The van der Waals surface area contributed by atoms with E-state index in [9.17, 15) is 22.4 Å². The first-order valence-corrected chi connectivity index (χ1v) is 11.0. The van der Waals surface area contributed by atoms with Gasteiger partial charge in [-0.25, -0.2) is 17.8 Å². The predicted molar refractivity (Wildman–Crippen MR) is 101 cm³/mol. The van der Waals surface area contributed by atoms with Crippen LogP contribution in [0.25, 0.3) is 10.2 Å². The Balaban J connectivity index is 1.73. The van der Waals surface area contributed by atoms with E-state index in [0.717, 1.165) is 22.7 Å². The van der Waals surface area contributed by atoms with Crippen LogP contribution in [0.15, 0.2) is 34.8 Å². The van der Waals surface area contributed by atoms with Crippen LogP contribution in [0.5, 0.6) is 0 Å². The number of hydrogen-bond acceptors (Lipinski definition) is 7. The van der Waals surface area contributed by atoms with Gasteiger partial charge in [0.2, 0.25) is 5.91 Å². The molecule has 3 aromatic rings. The first-order valence-electron chi connectivity index (χ1n) is 7.46. The number of fused-ring (bicyclic) bond motifs is 1. The molecule has 0 saturated heterocycles. The van der Waals surface area contributed by atoms with Crippen LogP contribution >= 0.6 is 22.7 Å². The van der Waals surface area contributed by atoms with Crippen molar-refractivity contribution < 1.29 is 22.4 Å². The van der Waals surface area contributed by atoms with Gasteiger partial charge in [0.15, 0.2) is 19.8 Å². The van der Waals surface area contributed by atoms with E-state index < -0.39 is 39.0 Å². The Morgan fingerprint density at radius 1 is 1.33 bits per heavy atom. The molecular weight excluding hydrogens is 415 g/mol. The van der Waals surface area contributed by atoms with Crippen molar-refractivity contribution in [3.05, 3.63) is 40.4 Å². The number of benzene rings is 1. The highest BCUT2D eigenvalue weighted by atomic mass is 32.2. The van der Waals surface area contributed by atoms with Crippen molar-refractivity contribution in [1.82, 2.24) is 9.55 Å². The minimum atomic E-state index is -4.00. The van der Waals surface area contributed by atoms with Crippen LogP contribution < -0.4 is 10.1 Å². The number of nitrogens with zero attached hydrogens (tertiary/aromatic N) is 3. The Labute approximate surface area is 160 Å². The first-order chi connectivity index (χ1) is 12.7. The Morgan fingerprint density at radius 2 is 2.11 bits per heavy atom. The van der Waals surface area contributed by atoms with E-state index in [0.29, 0.717) is 10.2 Å². The number of halogens is 1. The summed E-state index contributed by atoms with van der Waals surface area (Å²) < 4.78 is 39.6. The lowest BCUT2D eigenvalue weighted by Crippen LogP contribution is -2.28. The molecular formula is C15H13FN4O4S3. The standard InChI is InChI=1S/C15H13FN4O4S3/c1-20-10-3-2-9(16)6-11(10)26-15(20)19-13(22)8-27(23,24)7-12(21)18-14-17-4-5-25-14/h2-6H,7-8H2,1H3,(H,17,18,21). The van der Waals surface area contributed by atoms with Crippen molar-refractivity contribution >= 4 is 59.7 Å². The van der Waals surface area contributed by atoms with Gasteiger partial charge in [-0.2, -0.15) is 4.99 Å². The summed E-state index contributed by atoms with van der Waals surface area (Å²) in [5.74, 6) is -3.85. The third-order valence-electron chi connectivity index (χ3n) is 3.36. The maximum absolute atomic E-state index is 13.3. The van der Waals surface area contributed by atoms with Crippen LogP contribution in [-0.2, 0) is 26.5 Å². The lowest BCUT2D eigenvalue weighted by molar-refractivity contribution is -0.115. The number of aromatic nitrogens is 2. The largest absolute Gasteiger partial charge is 0.319 e. The van der Waals surface area contributed by atoms with E-state index in [1.807, 2.05) is 0 Å². The van der Waals surface area contributed by atoms with Crippen molar-refractivity contribution in [3.63, 3.8) is 0 Å². The second-order valence-electron chi connectivity index (χ2n) is 5.48. The smallest absolute Gasteiger partial charge is 0.263 e.